The van der Waals surface area contributed by atoms with Crippen molar-refractivity contribution in [1.82, 2.24) is 0 Å². The zero-order valence-electron chi connectivity index (χ0n) is 12.6. The first kappa shape index (κ1) is 14.3. The summed E-state index contributed by atoms with van der Waals surface area (Å²) >= 11 is 0. The third kappa shape index (κ3) is 2.06. The fourth-order valence-electron chi connectivity index (χ4n) is 2.99. The quantitative estimate of drug-likeness (QED) is 0.615. The van der Waals surface area contributed by atoms with E-state index in [0.717, 1.165) is 33.4 Å². The van der Waals surface area contributed by atoms with Crippen LogP contribution in [0.4, 0.5) is 0 Å². The van der Waals surface area contributed by atoms with Gasteiger partial charge in [0.05, 0.1) is 11.6 Å². The molecule has 2 aromatic carbocycles. The third-order valence-corrected chi connectivity index (χ3v) is 4.06. The van der Waals surface area contributed by atoms with E-state index in [1.54, 1.807) is 13.1 Å². The van der Waals surface area contributed by atoms with E-state index in [2.05, 4.69) is 54.1 Å². The van der Waals surface area contributed by atoms with Crippen LogP contribution in [0.15, 0.2) is 71.2 Å². The van der Waals surface area contributed by atoms with Gasteiger partial charge in [-0.05, 0) is 17.7 Å². The fourth-order valence-corrected chi connectivity index (χ4v) is 2.99. The molecule has 3 nitrogen and oxygen atoms in total. The van der Waals surface area contributed by atoms with Crippen molar-refractivity contribution in [3.8, 4) is 5.75 Å². The molecule has 0 amide bonds. The van der Waals surface area contributed by atoms with Crippen LogP contribution in [0.5, 0.6) is 5.75 Å². The molecule has 2 unspecified atom stereocenters. The predicted molar refractivity (Wildman–Crippen MR) is 93.4 cm³/mol. The van der Waals surface area contributed by atoms with Crippen molar-refractivity contribution in [1.29, 1.82) is 0 Å². The maximum atomic E-state index is 6.07. The molecule has 1 heterocycles. The maximum Gasteiger partial charge on any atom is 0.201 e. The summed E-state index contributed by atoms with van der Waals surface area (Å²) in [6, 6.07) is 12.3. The van der Waals surface area contributed by atoms with Gasteiger partial charge in [-0.2, -0.15) is 0 Å². The van der Waals surface area contributed by atoms with Crippen LogP contribution in [0.3, 0.4) is 0 Å². The van der Waals surface area contributed by atoms with Crippen LogP contribution in [0.25, 0.3) is 10.8 Å². The minimum atomic E-state index is -0.392. The summed E-state index contributed by atoms with van der Waals surface area (Å²) in [7, 11) is 1.75. The number of benzene rings is 2. The normalized spacial score (nSPS) is 20.3. The molecule has 2 aromatic rings. The molecule has 0 bridgehead atoms. The lowest BCUT2D eigenvalue weighted by Gasteiger charge is -2.17. The number of aliphatic imine (C=N–C) groups is 2. The molecular formula is C19H18N2O. The van der Waals surface area contributed by atoms with Crippen LogP contribution < -0.4 is 4.74 Å². The summed E-state index contributed by atoms with van der Waals surface area (Å²) in [5.74, 6) is 0.756. The minimum absolute atomic E-state index is 0.104. The summed E-state index contributed by atoms with van der Waals surface area (Å²) in [5, 5.41) is 2.22. The fraction of sp³-hybridized carbons (Fsp3) is 0.158. The van der Waals surface area contributed by atoms with Crippen LogP contribution >= 0.6 is 0 Å². The number of hydrogen-bond donors (Lipinski definition) is 0. The molecule has 0 spiro atoms. The predicted octanol–water partition coefficient (Wildman–Crippen LogP) is 4.16. The van der Waals surface area contributed by atoms with E-state index >= 15 is 0 Å². The van der Waals surface area contributed by atoms with Crippen LogP contribution in [-0.2, 0) is 0 Å². The van der Waals surface area contributed by atoms with Crippen LogP contribution in [0.2, 0.25) is 0 Å². The highest BCUT2D eigenvalue weighted by atomic mass is 16.5. The van der Waals surface area contributed by atoms with Crippen LogP contribution in [-0.4, -0.2) is 25.7 Å². The maximum absolute atomic E-state index is 6.07. The van der Waals surface area contributed by atoms with Crippen molar-refractivity contribution in [2.45, 2.75) is 12.1 Å². The number of hydrogen-bond acceptors (Lipinski definition) is 3. The van der Waals surface area contributed by atoms with E-state index in [1.807, 2.05) is 12.1 Å². The molecule has 0 N–H and O–H groups in total. The Morgan fingerprint density at radius 2 is 2.00 bits per heavy atom. The zero-order chi connectivity index (χ0) is 15.7. The molecule has 0 radical (unpaired) electrons. The van der Waals surface area contributed by atoms with E-state index in [1.165, 1.54) is 0 Å². The molecule has 2 atom stereocenters. The average molecular weight is 290 g/mol. The highest BCUT2D eigenvalue weighted by molar-refractivity contribution is 6.08. The second kappa shape index (κ2) is 5.60. The van der Waals surface area contributed by atoms with Crippen molar-refractivity contribution in [2.24, 2.45) is 9.98 Å². The van der Waals surface area contributed by atoms with Crippen molar-refractivity contribution in [3.63, 3.8) is 0 Å². The molecule has 3 rings (SSSR count). The Kier molecular flexibility index (Phi) is 3.63. The Morgan fingerprint density at radius 3 is 2.68 bits per heavy atom. The van der Waals surface area contributed by atoms with Crippen LogP contribution in [0.1, 0.15) is 11.5 Å². The molecule has 22 heavy (non-hydrogen) atoms. The van der Waals surface area contributed by atoms with Gasteiger partial charge in [0.2, 0.25) is 6.23 Å². The second-order valence-corrected chi connectivity index (χ2v) is 5.21. The van der Waals surface area contributed by atoms with Gasteiger partial charge in [0.15, 0.2) is 0 Å². The van der Waals surface area contributed by atoms with Gasteiger partial charge in [0, 0.05) is 18.0 Å². The molecule has 0 aliphatic carbocycles. The third-order valence-electron chi connectivity index (χ3n) is 4.06. The molecular weight excluding hydrogens is 272 g/mol. The number of allylic oxidation sites excluding steroid dienone is 2. The summed E-state index contributed by atoms with van der Waals surface area (Å²) in [6.45, 7) is 11.5. The van der Waals surface area contributed by atoms with E-state index in [4.69, 9.17) is 4.74 Å². The number of nitrogens with zero attached hydrogens (tertiary/aromatic N) is 2. The topological polar surface area (TPSA) is 34.0 Å². The van der Waals surface area contributed by atoms with Gasteiger partial charge in [-0.1, -0.05) is 55.6 Å². The summed E-state index contributed by atoms with van der Waals surface area (Å²) in [6.07, 6.45) is 1.32. The highest BCUT2D eigenvalue weighted by Gasteiger charge is 2.38. The van der Waals surface area contributed by atoms with E-state index in [0.29, 0.717) is 0 Å². The Balaban J connectivity index is 2.21. The lowest BCUT2D eigenvalue weighted by molar-refractivity contribution is 0.239. The Hall–Kier alpha value is -2.68. The van der Waals surface area contributed by atoms with Crippen molar-refractivity contribution < 1.29 is 4.74 Å². The molecule has 3 heteroatoms. The summed E-state index contributed by atoms with van der Waals surface area (Å²) in [4.78, 5) is 8.54. The SMILES string of the molecule is C=CC(=C)C(=NC)C1c2ccc3ccccc3c2OC1N=C. The standard InChI is InChI=1S/C19H18N2O/c1-5-12(2)17(20-3)16-15-11-10-13-8-6-7-9-14(13)18(15)22-19(16)21-4/h5-11,16,19H,1-2,4H2,3H3. The molecule has 0 saturated heterocycles. The van der Waals surface area contributed by atoms with Gasteiger partial charge >= 0.3 is 0 Å². The Bertz CT molecular complexity index is 804. The van der Waals surface area contributed by atoms with Gasteiger partial charge in [-0.15, -0.1) is 0 Å². The van der Waals surface area contributed by atoms with Gasteiger partial charge in [0.25, 0.3) is 0 Å². The van der Waals surface area contributed by atoms with E-state index < -0.39 is 6.23 Å². The number of ether oxygens (including phenoxy) is 1. The van der Waals surface area contributed by atoms with Crippen molar-refractivity contribution in [2.75, 3.05) is 7.05 Å². The molecule has 1 aliphatic rings. The van der Waals surface area contributed by atoms with Crippen LogP contribution in [0, 0.1) is 0 Å². The lowest BCUT2D eigenvalue weighted by atomic mass is 9.88. The van der Waals surface area contributed by atoms with Crippen molar-refractivity contribution in [3.05, 3.63) is 66.8 Å². The average Bonchev–Trinajstić information content (AvgIpc) is 2.94. The Labute approximate surface area is 130 Å². The van der Waals surface area contributed by atoms with E-state index in [9.17, 15) is 0 Å². The molecule has 1 aliphatic heterocycles. The summed E-state index contributed by atoms with van der Waals surface area (Å²) in [5.41, 5.74) is 2.69. The first-order chi connectivity index (χ1) is 10.7. The largest absolute Gasteiger partial charge is 0.467 e. The highest BCUT2D eigenvalue weighted by Crippen LogP contribution is 2.44. The van der Waals surface area contributed by atoms with Crippen molar-refractivity contribution >= 4 is 23.2 Å². The van der Waals surface area contributed by atoms with Gasteiger partial charge in [0.1, 0.15) is 5.75 Å². The first-order valence-corrected chi connectivity index (χ1v) is 7.13. The Morgan fingerprint density at radius 1 is 1.23 bits per heavy atom. The van der Waals surface area contributed by atoms with E-state index in [-0.39, 0.29) is 5.92 Å². The molecule has 0 saturated carbocycles. The molecule has 110 valence electrons. The minimum Gasteiger partial charge on any atom is -0.467 e. The monoisotopic (exact) mass is 290 g/mol. The summed E-state index contributed by atoms with van der Waals surface area (Å²) < 4.78 is 6.07. The lowest BCUT2D eigenvalue weighted by Crippen LogP contribution is -2.24. The van der Waals surface area contributed by atoms with Gasteiger partial charge in [-0.25, -0.2) is 0 Å². The van der Waals surface area contributed by atoms with Gasteiger partial charge in [-0.3, -0.25) is 9.98 Å². The molecule has 0 fully saturated rings. The second-order valence-electron chi connectivity index (χ2n) is 5.21. The van der Waals surface area contributed by atoms with Gasteiger partial charge < -0.3 is 4.74 Å². The number of rotatable bonds is 4. The number of fused-ring (bicyclic) bond motifs is 3. The zero-order valence-corrected chi connectivity index (χ0v) is 12.6. The first-order valence-electron chi connectivity index (χ1n) is 7.13. The smallest absolute Gasteiger partial charge is 0.201 e. The molecule has 0 aromatic heterocycles.